The number of carbonyl (C=O) groups is 1. The highest BCUT2D eigenvalue weighted by Crippen LogP contribution is 2.45. The van der Waals surface area contributed by atoms with Crippen LogP contribution in [-0.2, 0) is 4.79 Å². The minimum absolute atomic E-state index is 0.101. The van der Waals surface area contributed by atoms with Crippen LogP contribution in [0.4, 0.5) is 0 Å². The molecule has 0 aromatic rings. The molecule has 3 aliphatic rings. The summed E-state index contributed by atoms with van der Waals surface area (Å²) in [4.78, 5) is 11.7. The molecule has 1 N–H and O–H groups in total. The summed E-state index contributed by atoms with van der Waals surface area (Å²) in [6.07, 6.45) is 6.91. The van der Waals surface area contributed by atoms with Gasteiger partial charge < -0.3 is 5.11 Å². The van der Waals surface area contributed by atoms with E-state index in [-0.39, 0.29) is 17.1 Å². The van der Waals surface area contributed by atoms with E-state index in [0.717, 1.165) is 19.1 Å². The van der Waals surface area contributed by atoms with Crippen LogP contribution in [0.25, 0.3) is 0 Å². The van der Waals surface area contributed by atoms with Crippen molar-refractivity contribution in [1.29, 1.82) is 0 Å². The predicted octanol–water partition coefficient (Wildman–Crippen LogP) is 1.98. The third-order valence-electron chi connectivity index (χ3n) is 2.99. The summed E-state index contributed by atoms with van der Waals surface area (Å²) >= 11 is 0. The first-order valence-electron chi connectivity index (χ1n) is 4.26. The van der Waals surface area contributed by atoms with Crippen molar-refractivity contribution in [2.75, 3.05) is 0 Å². The van der Waals surface area contributed by atoms with Crippen molar-refractivity contribution >= 4 is 5.78 Å². The smallest absolute Gasteiger partial charge is 0.172 e. The second kappa shape index (κ2) is 2.22. The summed E-state index contributed by atoms with van der Waals surface area (Å²) in [7, 11) is 0. The Morgan fingerprint density at radius 2 is 2.50 bits per heavy atom. The zero-order chi connectivity index (χ0) is 8.77. The molecule has 3 rings (SSSR count). The molecule has 64 valence electrons. The van der Waals surface area contributed by atoms with Crippen LogP contribution in [0.15, 0.2) is 24.0 Å². The molecule has 2 heteroatoms. The number of allylic oxidation sites excluding steroid dienone is 3. The van der Waals surface area contributed by atoms with Gasteiger partial charge in [-0.25, -0.2) is 0 Å². The van der Waals surface area contributed by atoms with Crippen LogP contribution in [0.5, 0.6) is 0 Å². The van der Waals surface area contributed by atoms with Gasteiger partial charge in [-0.3, -0.25) is 4.79 Å². The number of hydrogen-bond acceptors (Lipinski definition) is 2. The molecule has 2 unspecified atom stereocenters. The van der Waals surface area contributed by atoms with Crippen LogP contribution in [0, 0.1) is 11.3 Å². The van der Waals surface area contributed by atoms with E-state index in [1.165, 1.54) is 0 Å². The van der Waals surface area contributed by atoms with Crippen LogP contribution in [0.3, 0.4) is 0 Å². The van der Waals surface area contributed by atoms with E-state index < -0.39 is 0 Å². The number of aliphatic hydroxyl groups is 1. The van der Waals surface area contributed by atoms with E-state index in [4.69, 9.17) is 5.11 Å². The second-order valence-electron chi connectivity index (χ2n) is 3.84. The normalized spacial score (nSPS) is 42.6. The van der Waals surface area contributed by atoms with Gasteiger partial charge in [-0.15, -0.1) is 0 Å². The monoisotopic (exact) mass is 164 g/mol. The van der Waals surface area contributed by atoms with Gasteiger partial charge in [-0.05, 0) is 19.8 Å². The van der Waals surface area contributed by atoms with Crippen LogP contribution in [0.1, 0.15) is 19.8 Å². The van der Waals surface area contributed by atoms with Crippen LogP contribution >= 0.6 is 0 Å². The van der Waals surface area contributed by atoms with Crippen LogP contribution in [0.2, 0.25) is 0 Å². The summed E-state index contributed by atoms with van der Waals surface area (Å²) in [5.74, 6) is 0.271. The Labute approximate surface area is 71.6 Å². The summed E-state index contributed by atoms with van der Waals surface area (Å²) in [6.45, 7) is 1.94. The first kappa shape index (κ1) is 7.59. The topological polar surface area (TPSA) is 37.3 Å². The fraction of sp³-hybridized carbons (Fsp3) is 0.500. The lowest BCUT2D eigenvalue weighted by Crippen LogP contribution is -2.38. The molecular formula is C10H12O2. The van der Waals surface area contributed by atoms with Crippen molar-refractivity contribution in [3.63, 3.8) is 0 Å². The minimum Gasteiger partial charge on any atom is -0.515 e. The molecule has 12 heavy (non-hydrogen) atoms. The molecule has 0 radical (unpaired) electrons. The second-order valence-corrected chi connectivity index (χ2v) is 3.84. The van der Waals surface area contributed by atoms with Gasteiger partial charge in [-0.2, -0.15) is 0 Å². The van der Waals surface area contributed by atoms with Crippen molar-refractivity contribution in [2.45, 2.75) is 19.8 Å². The van der Waals surface area contributed by atoms with Gasteiger partial charge >= 0.3 is 0 Å². The van der Waals surface area contributed by atoms with E-state index in [2.05, 4.69) is 0 Å². The zero-order valence-electron chi connectivity index (χ0n) is 7.08. The van der Waals surface area contributed by atoms with Crippen LogP contribution in [-0.4, -0.2) is 10.9 Å². The van der Waals surface area contributed by atoms with E-state index in [0.29, 0.717) is 5.57 Å². The molecule has 0 aromatic heterocycles. The average molecular weight is 164 g/mol. The van der Waals surface area contributed by atoms with Gasteiger partial charge in [-0.1, -0.05) is 12.2 Å². The number of ketones is 1. The number of Topliss-reactive ketones (excluding diaryl/α,β-unsaturated/α-hetero) is 1. The molecule has 2 atom stereocenters. The van der Waals surface area contributed by atoms with E-state index in [9.17, 15) is 4.79 Å². The Morgan fingerprint density at radius 3 is 2.92 bits per heavy atom. The van der Waals surface area contributed by atoms with E-state index in [1.54, 1.807) is 0 Å². The van der Waals surface area contributed by atoms with Gasteiger partial charge in [0.1, 0.15) is 0 Å². The molecule has 0 spiro atoms. The van der Waals surface area contributed by atoms with Crippen molar-refractivity contribution in [3.05, 3.63) is 24.0 Å². The van der Waals surface area contributed by atoms with E-state index in [1.807, 2.05) is 19.1 Å². The van der Waals surface area contributed by atoms with Crippen LogP contribution < -0.4 is 0 Å². The Balaban J connectivity index is 2.50. The Bertz CT molecular complexity index is 288. The van der Waals surface area contributed by atoms with Crippen molar-refractivity contribution < 1.29 is 9.90 Å². The van der Waals surface area contributed by atoms with E-state index >= 15 is 0 Å². The molecule has 0 saturated heterocycles. The quantitative estimate of drug-likeness (QED) is 0.337. The Kier molecular flexibility index (Phi) is 1.40. The van der Waals surface area contributed by atoms with Crippen molar-refractivity contribution in [2.24, 2.45) is 11.3 Å². The molecule has 2 bridgehead atoms. The van der Waals surface area contributed by atoms with Gasteiger partial charge in [0.05, 0.1) is 6.26 Å². The van der Waals surface area contributed by atoms with Gasteiger partial charge in [0.25, 0.3) is 0 Å². The largest absolute Gasteiger partial charge is 0.515 e. The number of hydrogen-bond donors (Lipinski definition) is 1. The molecule has 3 aliphatic carbocycles. The maximum Gasteiger partial charge on any atom is 0.172 e. The van der Waals surface area contributed by atoms with Gasteiger partial charge in [0.15, 0.2) is 5.78 Å². The maximum absolute atomic E-state index is 11.7. The lowest BCUT2D eigenvalue weighted by atomic mass is 9.63. The molecule has 2 nitrogen and oxygen atoms in total. The SMILES string of the molecule is CC12C=CC(CC1)/C(=C/O)C2=O. The molecule has 1 fully saturated rings. The van der Waals surface area contributed by atoms with Gasteiger partial charge in [0, 0.05) is 16.9 Å². The Hall–Kier alpha value is -1.05. The molecule has 0 aromatic carbocycles. The Morgan fingerprint density at radius 1 is 1.75 bits per heavy atom. The average Bonchev–Trinajstić information content (AvgIpc) is 2.08. The van der Waals surface area contributed by atoms with Crippen molar-refractivity contribution in [1.82, 2.24) is 0 Å². The van der Waals surface area contributed by atoms with Crippen molar-refractivity contribution in [3.8, 4) is 0 Å². The number of carbonyl (C=O) groups excluding carboxylic acids is 1. The minimum atomic E-state index is -0.330. The predicted molar refractivity (Wildman–Crippen MR) is 45.7 cm³/mol. The molecule has 1 saturated carbocycles. The molecule has 0 amide bonds. The number of aliphatic hydroxyl groups excluding tert-OH is 1. The maximum atomic E-state index is 11.7. The lowest BCUT2D eigenvalue weighted by Gasteiger charge is -2.38. The first-order valence-corrected chi connectivity index (χ1v) is 4.26. The fourth-order valence-corrected chi connectivity index (χ4v) is 2.06. The summed E-state index contributed by atoms with van der Waals surface area (Å²) in [5.41, 5.74) is 0.259. The van der Waals surface area contributed by atoms with Gasteiger partial charge in [0.2, 0.25) is 0 Å². The third kappa shape index (κ3) is 0.779. The summed E-state index contributed by atoms with van der Waals surface area (Å²) in [6, 6.07) is 0. The highest BCUT2D eigenvalue weighted by atomic mass is 16.2. The first-order chi connectivity index (χ1) is 5.67. The number of fused-ring (bicyclic) bond motifs is 2. The molecule has 0 aliphatic heterocycles. The number of rotatable bonds is 0. The summed E-state index contributed by atoms with van der Waals surface area (Å²) < 4.78 is 0. The fourth-order valence-electron chi connectivity index (χ4n) is 2.06. The third-order valence-corrected chi connectivity index (χ3v) is 2.99. The molecular weight excluding hydrogens is 152 g/mol. The highest BCUT2D eigenvalue weighted by molar-refractivity contribution is 6.03. The molecule has 0 heterocycles. The standard InChI is InChI=1S/C10H12O2/c1-10-4-2-7(3-5-10)8(6-11)9(10)12/h2,4,6-7,11H,3,5H2,1H3/b8-6-. The highest BCUT2D eigenvalue weighted by Gasteiger charge is 2.43. The zero-order valence-corrected chi connectivity index (χ0v) is 7.08. The lowest BCUT2D eigenvalue weighted by molar-refractivity contribution is -0.124. The summed E-state index contributed by atoms with van der Waals surface area (Å²) in [5, 5.41) is 8.88.